The van der Waals surface area contributed by atoms with Crippen molar-refractivity contribution in [1.82, 2.24) is 10.1 Å². The van der Waals surface area contributed by atoms with E-state index in [1.807, 2.05) is 0 Å². The molecule has 0 radical (unpaired) electrons. The van der Waals surface area contributed by atoms with Gasteiger partial charge in [0.15, 0.2) is 0 Å². The summed E-state index contributed by atoms with van der Waals surface area (Å²) in [7, 11) is 0. The maximum absolute atomic E-state index is 13.8. The molecule has 0 aliphatic carbocycles. The lowest BCUT2D eigenvalue weighted by Gasteiger charge is -2.06. The van der Waals surface area contributed by atoms with Crippen LogP contribution in [0.3, 0.4) is 0 Å². The van der Waals surface area contributed by atoms with Crippen molar-refractivity contribution in [1.29, 1.82) is 0 Å². The average Bonchev–Trinajstić information content (AvgIpc) is 2.76. The van der Waals surface area contributed by atoms with E-state index in [0.29, 0.717) is 0 Å². The van der Waals surface area contributed by atoms with Gasteiger partial charge in [-0.3, -0.25) is 0 Å². The molecule has 20 heavy (non-hydrogen) atoms. The molecule has 0 atom stereocenters. The van der Waals surface area contributed by atoms with Crippen LogP contribution in [0.25, 0.3) is 11.4 Å². The van der Waals surface area contributed by atoms with Crippen LogP contribution in [0.1, 0.15) is 15.2 Å². The highest BCUT2D eigenvalue weighted by Crippen LogP contribution is 2.35. The van der Waals surface area contributed by atoms with E-state index in [2.05, 4.69) is 46.5 Å². The van der Waals surface area contributed by atoms with Gasteiger partial charge < -0.3 is 4.52 Å². The normalized spacial score (nSPS) is 12.2. The van der Waals surface area contributed by atoms with Gasteiger partial charge in [-0.15, -0.1) is 0 Å². The molecule has 3 nitrogen and oxygen atoms in total. The van der Waals surface area contributed by atoms with Crippen molar-refractivity contribution in [2.75, 3.05) is 0 Å². The minimum atomic E-state index is -4.88. The van der Waals surface area contributed by atoms with E-state index in [1.54, 1.807) is 0 Å². The largest absolute Gasteiger partial charge is 0.471 e. The van der Waals surface area contributed by atoms with Crippen molar-refractivity contribution in [3.8, 4) is 11.4 Å². The first kappa shape index (κ1) is 15.4. The fourth-order valence-electron chi connectivity index (χ4n) is 1.37. The van der Waals surface area contributed by atoms with E-state index >= 15 is 0 Å². The summed E-state index contributed by atoms with van der Waals surface area (Å²) in [6, 6.07) is 1.88. The lowest BCUT2D eigenvalue weighted by Crippen LogP contribution is -2.05. The second-order valence-electron chi connectivity index (χ2n) is 3.58. The van der Waals surface area contributed by atoms with Gasteiger partial charge in [-0.05, 0) is 17.7 Å². The van der Waals surface area contributed by atoms with Crippen molar-refractivity contribution in [3.63, 3.8) is 0 Å². The predicted molar refractivity (Wildman–Crippen MR) is 65.2 cm³/mol. The Morgan fingerprint density at radius 1 is 1.10 bits per heavy atom. The molecule has 0 fully saturated rings. The summed E-state index contributed by atoms with van der Waals surface area (Å²) >= 11 is 6.09. The van der Waals surface area contributed by atoms with Crippen molar-refractivity contribution < 1.29 is 26.5 Å². The molecule has 0 unspecified atom stereocenters. The van der Waals surface area contributed by atoms with Gasteiger partial charge in [-0.25, -0.2) is 8.78 Å². The fourth-order valence-corrected chi connectivity index (χ4v) is 1.90. The van der Waals surface area contributed by atoms with Gasteiger partial charge in [0.1, 0.15) is 11.6 Å². The summed E-state index contributed by atoms with van der Waals surface area (Å²) in [5, 5.41) is 2.94. The zero-order valence-corrected chi connectivity index (χ0v) is 12.4. The molecular weight excluding hydrogens is 419 g/mol. The van der Waals surface area contributed by atoms with Gasteiger partial charge >= 0.3 is 12.1 Å². The minimum Gasteiger partial charge on any atom is -0.329 e. The standard InChI is InChI=1S/C10H3Br2F5N2O/c11-7(12)3-1-4(13)6(5(14)2-3)8-18-9(20-19-8)10(15,16)17/h1-2,7H. The molecule has 10 heteroatoms. The second kappa shape index (κ2) is 5.40. The molecule has 1 aromatic heterocycles. The Hall–Kier alpha value is -1.03. The summed E-state index contributed by atoms with van der Waals surface area (Å²) in [6.45, 7) is 0. The summed E-state index contributed by atoms with van der Waals surface area (Å²) in [5.74, 6) is -4.68. The molecule has 108 valence electrons. The van der Waals surface area contributed by atoms with Crippen LogP contribution >= 0.6 is 31.9 Å². The van der Waals surface area contributed by atoms with Gasteiger partial charge in [0, 0.05) is 0 Å². The lowest BCUT2D eigenvalue weighted by atomic mass is 10.1. The van der Waals surface area contributed by atoms with Crippen LogP contribution in [0.4, 0.5) is 22.0 Å². The number of benzene rings is 1. The third-order valence-electron chi connectivity index (χ3n) is 2.21. The number of hydrogen-bond donors (Lipinski definition) is 0. The van der Waals surface area contributed by atoms with Crippen LogP contribution in [0.15, 0.2) is 16.7 Å². The van der Waals surface area contributed by atoms with E-state index in [1.165, 1.54) is 0 Å². The third-order valence-corrected chi connectivity index (χ3v) is 3.27. The van der Waals surface area contributed by atoms with Gasteiger partial charge in [0.25, 0.3) is 0 Å². The second-order valence-corrected chi connectivity index (χ2v) is 6.64. The number of nitrogens with zero attached hydrogens (tertiary/aromatic N) is 2. The first-order valence-electron chi connectivity index (χ1n) is 4.88. The predicted octanol–water partition coefficient (Wildman–Crippen LogP) is 4.82. The van der Waals surface area contributed by atoms with Crippen LogP contribution in [0.2, 0.25) is 0 Å². The maximum atomic E-state index is 13.8. The van der Waals surface area contributed by atoms with Gasteiger partial charge in [-0.2, -0.15) is 18.2 Å². The number of rotatable bonds is 2. The van der Waals surface area contributed by atoms with Crippen LogP contribution in [0.5, 0.6) is 0 Å². The number of alkyl halides is 5. The summed E-state index contributed by atoms with van der Waals surface area (Å²) < 4.78 is 67.9. The molecule has 1 aromatic carbocycles. The maximum Gasteiger partial charge on any atom is 0.471 e. The Morgan fingerprint density at radius 3 is 2.05 bits per heavy atom. The fraction of sp³-hybridized carbons (Fsp3) is 0.200. The molecule has 1 heterocycles. The van der Waals surface area contributed by atoms with Gasteiger partial charge in [0.05, 0.1) is 9.30 Å². The lowest BCUT2D eigenvalue weighted by molar-refractivity contribution is -0.159. The first-order valence-corrected chi connectivity index (χ1v) is 6.71. The van der Waals surface area contributed by atoms with Crippen LogP contribution < -0.4 is 0 Å². The molecule has 0 saturated heterocycles. The summed E-state index contributed by atoms with van der Waals surface area (Å²) in [4.78, 5) is 2.94. The Morgan fingerprint density at radius 2 is 1.65 bits per heavy atom. The highest BCUT2D eigenvalue weighted by Gasteiger charge is 2.39. The van der Waals surface area contributed by atoms with Crippen LogP contribution in [-0.2, 0) is 6.18 Å². The Labute approximate surface area is 125 Å². The Balaban J connectivity index is 2.51. The topological polar surface area (TPSA) is 38.9 Å². The molecule has 0 spiro atoms. The molecular formula is C10H3Br2F5N2O. The van der Waals surface area contributed by atoms with E-state index in [0.717, 1.165) is 12.1 Å². The molecule has 0 amide bonds. The van der Waals surface area contributed by atoms with E-state index < -0.39 is 38.8 Å². The molecule has 2 rings (SSSR count). The number of halogens is 7. The Kier molecular flexibility index (Phi) is 4.14. The number of aromatic nitrogens is 2. The van der Waals surface area contributed by atoms with Crippen molar-refractivity contribution in [2.24, 2.45) is 0 Å². The smallest absolute Gasteiger partial charge is 0.329 e. The SMILES string of the molecule is Fc1cc(C(Br)Br)cc(F)c1-c1noc(C(F)(F)F)n1. The average molecular weight is 422 g/mol. The molecule has 0 saturated carbocycles. The molecule has 0 aliphatic heterocycles. The molecule has 0 aliphatic rings. The highest BCUT2D eigenvalue weighted by atomic mass is 79.9. The highest BCUT2D eigenvalue weighted by molar-refractivity contribution is 9.24. The number of hydrogen-bond acceptors (Lipinski definition) is 3. The Bertz CT molecular complexity index is 618. The van der Waals surface area contributed by atoms with Crippen LogP contribution in [0, 0.1) is 11.6 Å². The van der Waals surface area contributed by atoms with Crippen molar-refractivity contribution in [3.05, 3.63) is 35.2 Å². The minimum absolute atomic E-state index is 0.211. The molecule has 0 bridgehead atoms. The van der Waals surface area contributed by atoms with E-state index in [9.17, 15) is 22.0 Å². The monoisotopic (exact) mass is 420 g/mol. The van der Waals surface area contributed by atoms with Gasteiger partial charge in [-0.1, -0.05) is 37.0 Å². The zero-order chi connectivity index (χ0) is 15.1. The quantitative estimate of drug-likeness (QED) is 0.515. The van der Waals surface area contributed by atoms with Crippen molar-refractivity contribution >= 4 is 31.9 Å². The van der Waals surface area contributed by atoms with E-state index in [4.69, 9.17) is 0 Å². The van der Waals surface area contributed by atoms with E-state index in [-0.39, 0.29) is 5.56 Å². The summed E-state index contributed by atoms with van der Waals surface area (Å²) in [5.41, 5.74) is -0.572. The van der Waals surface area contributed by atoms with Crippen LogP contribution in [-0.4, -0.2) is 10.1 Å². The first-order chi connectivity index (χ1) is 9.20. The van der Waals surface area contributed by atoms with Gasteiger partial charge in [0.2, 0.25) is 5.82 Å². The molecule has 2 aromatic rings. The van der Waals surface area contributed by atoms with Crippen molar-refractivity contribution in [2.45, 2.75) is 9.91 Å². The third kappa shape index (κ3) is 3.00. The molecule has 0 N–H and O–H groups in total. The summed E-state index contributed by atoms with van der Waals surface area (Å²) in [6.07, 6.45) is -4.88. The zero-order valence-electron chi connectivity index (χ0n) is 9.18.